The van der Waals surface area contributed by atoms with E-state index >= 15 is 0 Å². The molecule has 0 unspecified atom stereocenters. The summed E-state index contributed by atoms with van der Waals surface area (Å²) in [7, 11) is 3.22. The second kappa shape index (κ2) is 8.83. The van der Waals surface area contributed by atoms with Crippen LogP contribution in [0.3, 0.4) is 0 Å². The number of aromatic nitrogens is 4. The molecule has 1 amide bonds. The van der Waals surface area contributed by atoms with Crippen LogP contribution in [0.2, 0.25) is 0 Å². The number of benzene rings is 2. The SMILES string of the molecule is COc1ccc(NC(=O)CSc2ccc3nnc(-c4ccc(OC)cc4)n3n2)cc1. The third-order valence-electron chi connectivity index (χ3n) is 4.31. The number of nitrogens with zero attached hydrogens (tertiary/aromatic N) is 4. The van der Waals surface area contributed by atoms with Gasteiger partial charge in [-0.15, -0.1) is 10.2 Å². The van der Waals surface area contributed by atoms with Crippen LogP contribution in [0.4, 0.5) is 5.69 Å². The molecule has 152 valence electrons. The lowest BCUT2D eigenvalue weighted by atomic mass is 10.2. The van der Waals surface area contributed by atoms with Gasteiger partial charge >= 0.3 is 0 Å². The summed E-state index contributed by atoms with van der Waals surface area (Å²) >= 11 is 1.34. The molecule has 0 atom stereocenters. The molecule has 0 radical (unpaired) electrons. The Kier molecular flexibility index (Phi) is 5.80. The summed E-state index contributed by atoms with van der Waals surface area (Å²) in [5.41, 5.74) is 2.22. The van der Waals surface area contributed by atoms with E-state index in [0.717, 1.165) is 17.1 Å². The highest BCUT2D eigenvalue weighted by Crippen LogP contribution is 2.23. The van der Waals surface area contributed by atoms with Crippen molar-refractivity contribution in [2.75, 3.05) is 25.3 Å². The van der Waals surface area contributed by atoms with E-state index in [4.69, 9.17) is 9.47 Å². The number of amides is 1. The van der Waals surface area contributed by atoms with E-state index in [-0.39, 0.29) is 11.7 Å². The van der Waals surface area contributed by atoms with Crippen LogP contribution in [0.15, 0.2) is 65.7 Å². The van der Waals surface area contributed by atoms with Crippen LogP contribution >= 0.6 is 11.8 Å². The Morgan fingerprint density at radius 1 is 0.933 bits per heavy atom. The second-order valence-electron chi connectivity index (χ2n) is 6.26. The summed E-state index contributed by atoms with van der Waals surface area (Å²) in [6.45, 7) is 0. The number of thioether (sulfide) groups is 1. The molecule has 0 fully saturated rings. The normalized spacial score (nSPS) is 10.7. The van der Waals surface area contributed by atoms with Crippen LogP contribution < -0.4 is 14.8 Å². The van der Waals surface area contributed by atoms with Crippen molar-refractivity contribution < 1.29 is 14.3 Å². The van der Waals surface area contributed by atoms with Crippen LogP contribution in [-0.4, -0.2) is 45.7 Å². The van der Waals surface area contributed by atoms with Gasteiger partial charge in [-0.3, -0.25) is 4.79 Å². The molecule has 0 saturated carbocycles. The van der Waals surface area contributed by atoms with Gasteiger partial charge in [0.1, 0.15) is 16.5 Å². The molecule has 2 heterocycles. The summed E-state index contributed by atoms with van der Waals surface area (Å²) in [6, 6.07) is 18.4. The summed E-state index contributed by atoms with van der Waals surface area (Å²) in [5.74, 6) is 2.23. The summed E-state index contributed by atoms with van der Waals surface area (Å²) < 4.78 is 12.0. The predicted octanol–water partition coefficient (Wildman–Crippen LogP) is 3.54. The first-order valence-corrected chi connectivity index (χ1v) is 10.1. The Morgan fingerprint density at radius 2 is 1.60 bits per heavy atom. The van der Waals surface area contributed by atoms with Crippen molar-refractivity contribution in [1.82, 2.24) is 19.8 Å². The molecule has 0 aliphatic heterocycles. The number of ether oxygens (including phenoxy) is 2. The zero-order valence-corrected chi connectivity index (χ0v) is 17.2. The molecular weight excluding hydrogens is 402 g/mol. The maximum absolute atomic E-state index is 12.3. The van der Waals surface area contributed by atoms with Crippen molar-refractivity contribution in [1.29, 1.82) is 0 Å². The Morgan fingerprint density at radius 3 is 2.27 bits per heavy atom. The lowest BCUT2D eigenvalue weighted by Gasteiger charge is -2.06. The summed E-state index contributed by atoms with van der Waals surface area (Å²) in [4.78, 5) is 12.3. The van der Waals surface area contributed by atoms with Gasteiger partial charge in [-0.25, -0.2) is 0 Å². The smallest absolute Gasteiger partial charge is 0.234 e. The second-order valence-corrected chi connectivity index (χ2v) is 7.25. The molecule has 0 aliphatic rings. The van der Waals surface area contributed by atoms with Crippen molar-refractivity contribution in [3.05, 3.63) is 60.7 Å². The van der Waals surface area contributed by atoms with Gasteiger partial charge in [-0.1, -0.05) is 11.8 Å². The van der Waals surface area contributed by atoms with Gasteiger partial charge in [0, 0.05) is 11.3 Å². The van der Waals surface area contributed by atoms with Gasteiger partial charge in [0.25, 0.3) is 0 Å². The fraction of sp³-hybridized carbons (Fsp3) is 0.143. The van der Waals surface area contributed by atoms with E-state index in [1.807, 2.05) is 36.4 Å². The largest absolute Gasteiger partial charge is 0.497 e. The summed E-state index contributed by atoms with van der Waals surface area (Å²) in [6.07, 6.45) is 0. The average Bonchev–Trinajstić information content (AvgIpc) is 3.21. The number of methoxy groups -OCH3 is 2. The van der Waals surface area contributed by atoms with Crippen LogP contribution in [0.5, 0.6) is 11.5 Å². The Labute approximate surface area is 177 Å². The maximum atomic E-state index is 12.3. The number of carbonyl (C=O) groups excluding carboxylic acids is 1. The molecule has 1 N–H and O–H groups in total. The average molecular weight is 421 g/mol. The summed E-state index contributed by atoms with van der Waals surface area (Å²) in [5, 5.41) is 16.5. The molecule has 2 aromatic carbocycles. The van der Waals surface area contributed by atoms with Gasteiger partial charge < -0.3 is 14.8 Å². The van der Waals surface area contributed by atoms with Crippen molar-refractivity contribution in [3.8, 4) is 22.9 Å². The highest BCUT2D eigenvalue weighted by Gasteiger charge is 2.11. The number of hydrogen-bond acceptors (Lipinski definition) is 7. The Hall–Kier alpha value is -3.59. The lowest BCUT2D eigenvalue weighted by Crippen LogP contribution is -2.14. The number of nitrogens with one attached hydrogen (secondary N) is 1. The standard InChI is InChI=1S/C21H19N5O3S/c1-28-16-7-3-14(4-8-16)21-24-23-18-11-12-20(25-26(18)21)30-13-19(27)22-15-5-9-17(29-2)10-6-15/h3-12H,13H2,1-2H3,(H,22,27). The molecule has 0 aliphatic carbocycles. The van der Waals surface area contributed by atoms with Gasteiger partial charge in [-0.05, 0) is 60.7 Å². The zero-order valence-electron chi connectivity index (χ0n) is 16.4. The topological polar surface area (TPSA) is 90.6 Å². The van der Waals surface area contributed by atoms with Gasteiger partial charge in [-0.2, -0.15) is 9.61 Å². The quantitative estimate of drug-likeness (QED) is 0.457. The highest BCUT2D eigenvalue weighted by atomic mass is 32.2. The van der Waals surface area contributed by atoms with E-state index in [2.05, 4.69) is 20.6 Å². The maximum Gasteiger partial charge on any atom is 0.234 e. The fourth-order valence-corrected chi connectivity index (χ4v) is 3.43. The number of anilines is 1. The Bertz CT molecular complexity index is 1160. The van der Waals surface area contributed by atoms with Crippen molar-refractivity contribution >= 4 is 29.0 Å². The monoisotopic (exact) mass is 421 g/mol. The number of rotatable bonds is 7. The van der Waals surface area contributed by atoms with E-state index in [0.29, 0.717) is 22.2 Å². The van der Waals surface area contributed by atoms with E-state index in [1.54, 1.807) is 43.0 Å². The van der Waals surface area contributed by atoms with Crippen LogP contribution in [0.1, 0.15) is 0 Å². The fourth-order valence-electron chi connectivity index (χ4n) is 2.78. The van der Waals surface area contributed by atoms with Crippen LogP contribution in [0.25, 0.3) is 17.0 Å². The van der Waals surface area contributed by atoms with Gasteiger partial charge in [0.05, 0.1) is 20.0 Å². The number of hydrogen-bond donors (Lipinski definition) is 1. The van der Waals surface area contributed by atoms with Crippen molar-refractivity contribution in [3.63, 3.8) is 0 Å². The molecular formula is C21H19N5O3S. The molecule has 4 aromatic rings. The van der Waals surface area contributed by atoms with E-state index < -0.39 is 0 Å². The minimum absolute atomic E-state index is 0.119. The van der Waals surface area contributed by atoms with Gasteiger partial charge in [0.2, 0.25) is 5.91 Å². The molecule has 30 heavy (non-hydrogen) atoms. The molecule has 0 saturated heterocycles. The lowest BCUT2D eigenvalue weighted by molar-refractivity contribution is -0.113. The van der Waals surface area contributed by atoms with Crippen LogP contribution in [-0.2, 0) is 4.79 Å². The van der Waals surface area contributed by atoms with Crippen molar-refractivity contribution in [2.24, 2.45) is 0 Å². The van der Waals surface area contributed by atoms with E-state index in [9.17, 15) is 4.79 Å². The number of fused-ring (bicyclic) bond motifs is 1. The van der Waals surface area contributed by atoms with Crippen molar-refractivity contribution in [2.45, 2.75) is 5.03 Å². The van der Waals surface area contributed by atoms with Crippen LogP contribution in [0, 0.1) is 0 Å². The predicted molar refractivity (Wildman–Crippen MR) is 115 cm³/mol. The minimum atomic E-state index is -0.119. The minimum Gasteiger partial charge on any atom is -0.497 e. The van der Waals surface area contributed by atoms with Gasteiger partial charge in [0.15, 0.2) is 11.5 Å². The Balaban J connectivity index is 1.45. The zero-order chi connectivity index (χ0) is 20.9. The first kappa shape index (κ1) is 19.7. The highest BCUT2D eigenvalue weighted by molar-refractivity contribution is 7.99. The van der Waals surface area contributed by atoms with E-state index in [1.165, 1.54) is 11.8 Å². The molecule has 9 heteroatoms. The third kappa shape index (κ3) is 4.36. The first-order chi connectivity index (χ1) is 14.7. The number of carbonyl (C=O) groups is 1. The molecule has 0 bridgehead atoms. The first-order valence-electron chi connectivity index (χ1n) is 9.10. The molecule has 4 rings (SSSR count). The third-order valence-corrected chi connectivity index (χ3v) is 5.23. The molecule has 8 nitrogen and oxygen atoms in total. The molecule has 2 aromatic heterocycles. The molecule has 0 spiro atoms.